The highest BCUT2D eigenvalue weighted by Gasteiger charge is 2.10. The summed E-state index contributed by atoms with van der Waals surface area (Å²) in [6, 6.07) is 10.6. The zero-order valence-corrected chi connectivity index (χ0v) is 11.4. The van der Waals surface area contributed by atoms with Crippen LogP contribution in [0.25, 0.3) is 0 Å². The molecule has 0 aromatic heterocycles. The summed E-state index contributed by atoms with van der Waals surface area (Å²) in [5.41, 5.74) is 6.74. The maximum absolute atomic E-state index is 13.4. The van der Waals surface area contributed by atoms with E-state index >= 15 is 0 Å². The zero-order valence-electron chi connectivity index (χ0n) is 11.4. The average Bonchev–Trinajstić information content (AvgIpc) is 2.48. The minimum atomic E-state index is -0.627. The van der Waals surface area contributed by atoms with Crippen LogP contribution in [0.2, 0.25) is 0 Å². The van der Waals surface area contributed by atoms with Crippen molar-refractivity contribution in [1.29, 1.82) is 0 Å². The molecule has 0 aliphatic heterocycles. The molecule has 0 radical (unpaired) electrons. The molecule has 0 bridgehead atoms. The highest BCUT2D eigenvalue weighted by Crippen LogP contribution is 2.12. The number of carbonyl (C=O) groups excluding carboxylic acids is 2. The van der Waals surface area contributed by atoms with Gasteiger partial charge < -0.3 is 10.5 Å². The van der Waals surface area contributed by atoms with E-state index in [4.69, 9.17) is 10.5 Å². The maximum Gasteiger partial charge on any atom is 0.338 e. The van der Waals surface area contributed by atoms with Crippen molar-refractivity contribution in [2.24, 2.45) is 5.73 Å². The fourth-order valence-corrected chi connectivity index (χ4v) is 1.77. The van der Waals surface area contributed by atoms with Crippen LogP contribution >= 0.6 is 0 Å². The van der Waals surface area contributed by atoms with Gasteiger partial charge in [-0.25, -0.2) is 9.18 Å². The first kappa shape index (κ1) is 14.7. The fourth-order valence-electron chi connectivity index (χ4n) is 1.77. The van der Waals surface area contributed by atoms with Crippen molar-refractivity contribution in [3.05, 3.63) is 70.5 Å². The fraction of sp³-hybridized carbons (Fsp3) is 0.125. The Kier molecular flexibility index (Phi) is 4.33. The highest BCUT2D eigenvalue weighted by atomic mass is 19.1. The Labute approximate surface area is 121 Å². The van der Waals surface area contributed by atoms with Gasteiger partial charge >= 0.3 is 5.97 Å². The van der Waals surface area contributed by atoms with Gasteiger partial charge in [-0.1, -0.05) is 18.2 Å². The molecule has 2 aromatic rings. The van der Waals surface area contributed by atoms with E-state index in [0.717, 1.165) is 6.07 Å². The Bertz CT molecular complexity index is 698. The summed E-state index contributed by atoms with van der Waals surface area (Å²) in [4.78, 5) is 22.9. The molecule has 0 atom stereocenters. The number of esters is 1. The van der Waals surface area contributed by atoms with Gasteiger partial charge in [0.1, 0.15) is 12.4 Å². The van der Waals surface area contributed by atoms with Gasteiger partial charge in [0.25, 0.3) is 0 Å². The van der Waals surface area contributed by atoms with Crippen molar-refractivity contribution in [2.75, 3.05) is 0 Å². The molecule has 0 saturated carbocycles. The predicted octanol–water partition coefficient (Wildman–Crippen LogP) is 2.59. The Morgan fingerprint density at radius 1 is 1.14 bits per heavy atom. The average molecular weight is 287 g/mol. The lowest BCUT2D eigenvalue weighted by Crippen LogP contribution is -2.11. The zero-order chi connectivity index (χ0) is 15.4. The van der Waals surface area contributed by atoms with Crippen LogP contribution in [0, 0.1) is 12.7 Å². The molecule has 1 amide bonds. The van der Waals surface area contributed by atoms with Gasteiger partial charge in [0.15, 0.2) is 0 Å². The third-order valence-corrected chi connectivity index (χ3v) is 2.99. The van der Waals surface area contributed by atoms with Crippen LogP contribution in [-0.4, -0.2) is 11.9 Å². The number of carbonyl (C=O) groups is 2. The van der Waals surface area contributed by atoms with E-state index in [-0.39, 0.29) is 12.2 Å². The van der Waals surface area contributed by atoms with Crippen molar-refractivity contribution in [1.82, 2.24) is 0 Å². The third kappa shape index (κ3) is 3.66. The molecule has 0 aliphatic carbocycles. The maximum atomic E-state index is 13.4. The minimum Gasteiger partial charge on any atom is -0.457 e. The molecule has 108 valence electrons. The number of nitrogens with two attached hydrogens (primary N) is 1. The number of amides is 1. The van der Waals surface area contributed by atoms with E-state index < -0.39 is 17.7 Å². The molecule has 2 aromatic carbocycles. The number of benzene rings is 2. The molecule has 0 spiro atoms. The molecule has 21 heavy (non-hydrogen) atoms. The van der Waals surface area contributed by atoms with E-state index in [1.165, 1.54) is 12.1 Å². The van der Waals surface area contributed by atoms with Crippen LogP contribution in [0.1, 0.15) is 31.8 Å². The van der Waals surface area contributed by atoms with Gasteiger partial charge in [0.05, 0.1) is 5.56 Å². The Hall–Kier alpha value is -2.69. The van der Waals surface area contributed by atoms with Crippen LogP contribution in [-0.2, 0) is 11.3 Å². The summed E-state index contributed by atoms with van der Waals surface area (Å²) in [5, 5.41) is 0. The molecular formula is C16H14FNO3. The molecule has 4 nitrogen and oxygen atoms in total. The molecule has 5 heteroatoms. The van der Waals surface area contributed by atoms with Gasteiger partial charge in [0.2, 0.25) is 5.91 Å². The normalized spacial score (nSPS) is 10.2. The Balaban J connectivity index is 2.05. The second kappa shape index (κ2) is 6.17. The van der Waals surface area contributed by atoms with E-state index in [1.807, 2.05) is 0 Å². The first-order valence-electron chi connectivity index (χ1n) is 6.29. The number of primary amides is 1. The van der Waals surface area contributed by atoms with Crippen LogP contribution in [0.3, 0.4) is 0 Å². The predicted molar refractivity (Wildman–Crippen MR) is 75.2 cm³/mol. The molecule has 2 rings (SSSR count). The lowest BCUT2D eigenvalue weighted by molar-refractivity contribution is 0.0472. The van der Waals surface area contributed by atoms with Gasteiger partial charge in [0, 0.05) is 5.56 Å². The lowest BCUT2D eigenvalue weighted by atomic mass is 10.1. The Morgan fingerprint density at radius 3 is 2.57 bits per heavy atom. The lowest BCUT2D eigenvalue weighted by Gasteiger charge is -2.06. The minimum absolute atomic E-state index is 0.0184. The summed E-state index contributed by atoms with van der Waals surface area (Å²) in [6.45, 7) is 1.59. The van der Waals surface area contributed by atoms with E-state index in [0.29, 0.717) is 16.7 Å². The summed E-state index contributed by atoms with van der Waals surface area (Å²) >= 11 is 0. The van der Waals surface area contributed by atoms with E-state index in [1.54, 1.807) is 31.2 Å². The monoisotopic (exact) mass is 287 g/mol. The van der Waals surface area contributed by atoms with Crippen molar-refractivity contribution in [3.63, 3.8) is 0 Å². The van der Waals surface area contributed by atoms with Gasteiger partial charge in [-0.15, -0.1) is 0 Å². The van der Waals surface area contributed by atoms with Crippen LogP contribution in [0.15, 0.2) is 42.5 Å². The molecular weight excluding hydrogens is 273 g/mol. The molecule has 0 aliphatic rings. The standard InChI is InChI=1S/C16H14FNO3/c1-10-5-6-13(8-14(10)17)16(20)21-9-11-3-2-4-12(7-11)15(18)19/h2-8H,9H2,1H3,(H2,18,19). The van der Waals surface area contributed by atoms with E-state index in [2.05, 4.69) is 0 Å². The molecule has 0 heterocycles. The van der Waals surface area contributed by atoms with Crippen molar-refractivity contribution >= 4 is 11.9 Å². The van der Waals surface area contributed by atoms with Gasteiger partial charge in [-0.3, -0.25) is 4.79 Å². The molecule has 0 saturated heterocycles. The highest BCUT2D eigenvalue weighted by molar-refractivity contribution is 5.93. The summed E-state index contributed by atoms with van der Waals surface area (Å²) in [6.07, 6.45) is 0. The molecule has 2 N–H and O–H groups in total. The molecule has 0 fully saturated rings. The van der Waals surface area contributed by atoms with Gasteiger partial charge in [-0.05, 0) is 42.3 Å². The quantitative estimate of drug-likeness (QED) is 0.879. The van der Waals surface area contributed by atoms with Crippen molar-refractivity contribution in [3.8, 4) is 0 Å². The Morgan fingerprint density at radius 2 is 1.90 bits per heavy atom. The smallest absolute Gasteiger partial charge is 0.338 e. The molecule has 0 unspecified atom stereocenters. The number of hydrogen-bond donors (Lipinski definition) is 1. The van der Waals surface area contributed by atoms with Crippen molar-refractivity contribution in [2.45, 2.75) is 13.5 Å². The second-order valence-corrected chi connectivity index (χ2v) is 4.60. The third-order valence-electron chi connectivity index (χ3n) is 2.99. The number of aryl methyl sites for hydroxylation is 1. The van der Waals surface area contributed by atoms with E-state index in [9.17, 15) is 14.0 Å². The van der Waals surface area contributed by atoms with Crippen molar-refractivity contribution < 1.29 is 18.7 Å². The number of ether oxygens (including phenoxy) is 1. The summed E-state index contributed by atoms with van der Waals surface area (Å²) in [7, 11) is 0. The van der Waals surface area contributed by atoms with Crippen LogP contribution in [0.4, 0.5) is 4.39 Å². The first-order valence-corrected chi connectivity index (χ1v) is 6.29. The first-order chi connectivity index (χ1) is 9.97. The largest absolute Gasteiger partial charge is 0.457 e. The second-order valence-electron chi connectivity index (χ2n) is 4.60. The number of rotatable bonds is 4. The van der Waals surface area contributed by atoms with Crippen LogP contribution in [0.5, 0.6) is 0 Å². The van der Waals surface area contributed by atoms with Crippen LogP contribution < -0.4 is 5.73 Å². The SMILES string of the molecule is Cc1ccc(C(=O)OCc2cccc(C(N)=O)c2)cc1F. The number of hydrogen-bond acceptors (Lipinski definition) is 3. The number of halogens is 1. The topological polar surface area (TPSA) is 69.4 Å². The summed E-state index contributed by atoms with van der Waals surface area (Å²) in [5.74, 6) is -1.64. The van der Waals surface area contributed by atoms with Gasteiger partial charge in [-0.2, -0.15) is 0 Å². The summed E-state index contributed by atoms with van der Waals surface area (Å²) < 4.78 is 18.5.